The zero-order valence-electron chi connectivity index (χ0n) is 14.8. The number of methoxy groups -OCH3 is 1. The molecule has 0 amide bonds. The number of halogens is 2. The predicted octanol–water partition coefficient (Wildman–Crippen LogP) is 5.06. The molecule has 0 saturated heterocycles. The molecule has 26 heavy (non-hydrogen) atoms. The highest BCUT2D eigenvalue weighted by Crippen LogP contribution is 2.33. The van der Waals surface area contributed by atoms with Crippen molar-refractivity contribution in [2.45, 2.75) is 13.0 Å². The van der Waals surface area contributed by atoms with E-state index in [1.54, 1.807) is 6.07 Å². The van der Waals surface area contributed by atoms with Crippen LogP contribution in [0.1, 0.15) is 16.8 Å². The number of fused-ring (bicyclic) bond motifs is 3. The summed E-state index contributed by atoms with van der Waals surface area (Å²) < 4.78 is 21.1. The van der Waals surface area contributed by atoms with E-state index in [0.717, 1.165) is 35.6 Å². The zero-order chi connectivity index (χ0) is 18.3. The Labute approximate surface area is 157 Å². The van der Waals surface area contributed by atoms with Gasteiger partial charge in [0.1, 0.15) is 0 Å². The molecule has 1 aliphatic rings. The molecule has 3 aromatic rings. The van der Waals surface area contributed by atoms with E-state index in [1.807, 2.05) is 30.5 Å². The summed E-state index contributed by atoms with van der Waals surface area (Å²) in [6.45, 7) is 1.92. The number of hydrogen-bond donors (Lipinski definition) is 0. The van der Waals surface area contributed by atoms with Crippen molar-refractivity contribution in [1.82, 2.24) is 9.47 Å². The lowest BCUT2D eigenvalue weighted by atomic mass is 10.1. The minimum atomic E-state index is -0.359. The van der Waals surface area contributed by atoms with Crippen LogP contribution in [0.3, 0.4) is 0 Å². The Morgan fingerprint density at radius 3 is 2.81 bits per heavy atom. The molecule has 5 heteroatoms. The molecule has 0 radical (unpaired) electrons. The third-order valence-corrected chi connectivity index (χ3v) is 5.17. The van der Waals surface area contributed by atoms with Gasteiger partial charge in [-0.25, -0.2) is 4.39 Å². The summed E-state index contributed by atoms with van der Waals surface area (Å²) in [5.41, 5.74) is 4.54. The summed E-state index contributed by atoms with van der Waals surface area (Å²) in [4.78, 5) is 2.32. The molecule has 0 atom stereocenters. The molecule has 134 valence electrons. The van der Waals surface area contributed by atoms with Crippen LogP contribution in [0.15, 0.2) is 36.4 Å². The third-order valence-electron chi connectivity index (χ3n) is 4.93. The molecule has 1 aliphatic heterocycles. The number of aromatic nitrogens is 1. The van der Waals surface area contributed by atoms with E-state index in [9.17, 15) is 4.39 Å². The van der Waals surface area contributed by atoms with E-state index in [4.69, 9.17) is 16.3 Å². The molecule has 0 fully saturated rings. The number of likely N-dealkylation sites (N-methyl/N-ethyl adjacent to an activating group) is 1. The first-order chi connectivity index (χ1) is 12.6. The van der Waals surface area contributed by atoms with Crippen LogP contribution in [-0.4, -0.2) is 30.2 Å². The van der Waals surface area contributed by atoms with E-state index in [1.165, 1.54) is 29.8 Å². The largest absolute Gasteiger partial charge is 0.494 e. The van der Waals surface area contributed by atoms with E-state index in [2.05, 4.69) is 22.6 Å². The Balaban J connectivity index is 1.80. The molecule has 0 bridgehead atoms. The van der Waals surface area contributed by atoms with Crippen molar-refractivity contribution in [1.29, 1.82) is 0 Å². The van der Waals surface area contributed by atoms with Gasteiger partial charge < -0.3 is 14.2 Å². The van der Waals surface area contributed by atoms with Crippen LogP contribution in [0.5, 0.6) is 5.75 Å². The van der Waals surface area contributed by atoms with Crippen LogP contribution < -0.4 is 4.74 Å². The van der Waals surface area contributed by atoms with Crippen LogP contribution in [0, 0.1) is 5.82 Å². The maximum Gasteiger partial charge on any atom is 0.165 e. The van der Waals surface area contributed by atoms with Gasteiger partial charge >= 0.3 is 0 Å². The predicted molar refractivity (Wildman–Crippen MR) is 105 cm³/mol. The monoisotopic (exact) mass is 370 g/mol. The Morgan fingerprint density at radius 1 is 1.19 bits per heavy atom. The van der Waals surface area contributed by atoms with Crippen molar-refractivity contribution in [3.05, 3.63) is 64.1 Å². The van der Waals surface area contributed by atoms with Gasteiger partial charge in [0.25, 0.3) is 0 Å². The van der Waals surface area contributed by atoms with E-state index < -0.39 is 0 Å². The highest BCUT2D eigenvalue weighted by atomic mass is 35.5. The number of nitrogens with zero attached hydrogens (tertiary/aromatic N) is 2. The van der Waals surface area contributed by atoms with Crippen molar-refractivity contribution in [3.63, 3.8) is 0 Å². The number of hydrogen-bond acceptors (Lipinski definition) is 2. The quantitative estimate of drug-likeness (QED) is 0.641. The molecule has 0 aliphatic carbocycles. The van der Waals surface area contributed by atoms with E-state index >= 15 is 0 Å². The summed E-state index contributed by atoms with van der Waals surface area (Å²) in [5, 5.41) is 1.93. The van der Waals surface area contributed by atoms with Gasteiger partial charge in [0.2, 0.25) is 0 Å². The highest BCUT2D eigenvalue weighted by molar-refractivity contribution is 6.31. The van der Waals surface area contributed by atoms with Gasteiger partial charge in [-0.15, -0.1) is 0 Å². The molecule has 0 saturated carbocycles. The summed E-state index contributed by atoms with van der Waals surface area (Å²) >= 11 is 6.23. The fourth-order valence-electron chi connectivity index (χ4n) is 3.62. The molecule has 4 rings (SSSR count). The molecule has 2 heterocycles. The van der Waals surface area contributed by atoms with E-state index in [0.29, 0.717) is 0 Å². The highest BCUT2D eigenvalue weighted by Gasteiger charge is 2.21. The average Bonchev–Trinajstić information content (AvgIpc) is 2.92. The van der Waals surface area contributed by atoms with Crippen LogP contribution in [0.4, 0.5) is 4.39 Å². The first-order valence-electron chi connectivity index (χ1n) is 8.58. The second-order valence-electron chi connectivity index (χ2n) is 6.65. The fourth-order valence-corrected chi connectivity index (χ4v) is 3.79. The normalized spacial score (nSPS) is 14.9. The summed E-state index contributed by atoms with van der Waals surface area (Å²) in [7, 11) is 3.60. The van der Waals surface area contributed by atoms with Gasteiger partial charge in [-0.2, -0.15) is 0 Å². The molecular formula is C21H20ClFN2O. The number of rotatable bonds is 3. The molecule has 2 aromatic carbocycles. The Bertz CT molecular complexity index is 1010. The second-order valence-corrected chi connectivity index (χ2v) is 7.09. The van der Waals surface area contributed by atoms with Crippen LogP contribution in [-0.2, 0) is 13.0 Å². The van der Waals surface area contributed by atoms with Crippen molar-refractivity contribution in [2.24, 2.45) is 0 Å². The van der Waals surface area contributed by atoms with Gasteiger partial charge in [0.15, 0.2) is 11.6 Å². The number of benzene rings is 2. The molecule has 0 N–H and O–H groups in total. The Kier molecular flexibility index (Phi) is 4.47. The van der Waals surface area contributed by atoms with Crippen LogP contribution >= 0.6 is 11.6 Å². The SMILES string of the molecule is COc1ccc(C=Cn2c3c(c4cc(Cl)ccc42)CN(C)CC3)cc1F. The molecule has 3 nitrogen and oxygen atoms in total. The molecule has 1 aromatic heterocycles. The topological polar surface area (TPSA) is 17.4 Å². The first kappa shape index (κ1) is 17.1. The molecule has 0 spiro atoms. The van der Waals surface area contributed by atoms with Gasteiger partial charge in [-0.1, -0.05) is 17.7 Å². The maximum absolute atomic E-state index is 13.9. The van der Waals surface area contributed by atoms with Crippen molar-refractivity contribution >= 4 is 34.8 Å². The van der Waals surface area contributed by atoms with Gasteiger partial charge in [-0.3, -0.25) is 0 Å². The van der Waals surface area contributed by atoms with Crippen molar-refractivity contribution < 1.29 is 9.13 Å². The average molecular weight is 371 g/mol. The third kappa shape index (κ3) is 3.00. The lowest BCUT2D eigenvalue weighted by molar-refractivity contribution is 0.312. The lowest BCUT2D eigenvalue weighted by Crippen LogP contribution is -2.26. The minimum Gasteiger partial charge on any atom is -0.494 e. The van der Waals surface area contributed by atoms with Gasteiger partial charge in [0.05, 0.1) is 12.6 Å². The minimum absolute atomic E-state index is 0.253. The number of ether oxygens (including phenoxy) is 1. The second kappa shape index (κ2) is 6.78. The van der Waals surface area contributed by atoms with Crippen LogP contribution in [0.2, 0.25) is 5.02 Å². The van der Waals surface area contributed by atoms with Crippen molar-refractivity contribution in [3.8, 4) is 5.75 Å². The molecule has 0 unspecified atom stereocenters. The summed E-state index contributed by atoms with van der Waals surface area (Å²) in [5.74, 6) is -0.105. The standard InChI is InChI=1S/C21H20ClFN2O/c1-24-9-8-20-17(13-24)16-12-15(22)4-5-19(16)25(20)10-7-14-3-6-21(26-2)18(23)11-14/h3-7,10-12H,8-9,13H2,1-2H3. The van der Waals surface area contributed by atoms with Gasteiger partial charge in [-0.05, 0) is 54.6 Å². The lowest BCUT2D eigenvalue weighted by Gasteiger charge is -2.23. The van der Waals surface area contributed by atoms with Crippen molar-refractivity contribution in [2.75, 3.05) is 20.7 Å². The molecular weight excluding hydrogens is 351 g/mol. The van der Waals surface area contributed by atoms with Gasteiger partial charge in [0, 0.05) is 41.8 Å². The fraction of sp³-hybridized carbons (Fsp3) is 0.238. The summed E-state index contributed by atoms with van der Waals surface area (Å²) in [6.07, 6.45) is 4.91. The Morgan fingerprint density at radius 2 is 2.04 bits per heavy atom. The summed E-state index contributed by atoms with van der Waals surface area (Å²) in [6, 6.07) is 11.0. The zero-order valence-corrected chi connectivity index (χ0v) is 15.6. The smallest absolute Gasteiger partial charge is 0.165 e. The van der Waals surface area contributed by atoms with E-state index in [-0.39, 0.29) is 11.6 Å². The van der Waals surface area contributed by atoms with Crippen LogP contribution in [0.25, 0.3) is 23.2 Å². The first-order valence-corrected chi connectivity index (χ1v) is 8.96. The Hall–Kier alpha value is -2.30. The maximum atomic E-state index is 13.9.